The van der Waals surface area contributed by atoms with Crippen LogP contribution in [-0.2, 0) is 38.8 Å². The van der Waals surface area contributed by atoms with Gasteiger partial charge in [0.25, 0.3) is 17.7 Å². The number of para-hydroxylation sites is 3. The fraction of sp³-hybridized carbons (Fsp3) is 0.277. The largest absolute Gasteiger partial charge is 0.481 e. The molecule has 4 atom stereocenters. The number of aliphatic carboxylic acids is 1. The van der Waals surface area contributed by atoms with E-state index in [2.05, 4.69) is 16.0 Å². The van der Waals surface area contributed by atoms with Crippen LogP contribution in [0.1, 0.15) is 188 Å². The van der Waals surface area contributed by atoms with Crippen molar-refractivity contribution in [2.75, 3.05) is 16.0 Å². The molecule has 0 bridgehead atoms. The lowest BCUT2D eigenvalue weighted by molar-refractivity contribution is -0.139. The first-order valence-electron chi connectivity index (χ1n) is 40.3. The van der Waals surface area contributed by atoms with Crippen LogP contribution in [-0.4, -0.2) is 105 Å². The molecule has 0 saturated heterocycles. The topological polar surface area (TPSA) is 272 Å². The highest BCUT2D eigenvalue weighted by molar-refractivity contribution is 6.15. The van der Waals surface area contributed by atoms with Crippen LogP contribution in [0.5, 0.6) is 0 Å². The third kappa shape index (κ3) is 25.0. The summed E-state index contributed by atoms with van der Waals surface area (Å²) < 4.78 is 48.0. The number of ketones is 3. The molecule has 638 valence electrons. The average Bonchev–Trinajstić information content (AvgIpc) is 1.60. The summed E-state index contributed by atoms with van der Waals surface area (Å²) in [7, 11) is 0. The highest BCUT2D eigenvalue weighted by Crippen LogP contribution is 2.47. The fourth-order valence-corrected chi connectivity index (χ4v) is 15.3. The summed E-state index contributed by atoms with van der Waals surface area (Å²) in [5.74, 6) is -4.00. The summed E-state index contributed by atoms with van der Waals surface area (Å²) >= 11 is 0. The van der Waals surface area contributed by atoms with E-state index in [1.165, 1.54) is 50.2 Å². The lowest BCUT2D eigenvalue weighted by Crippen LogP contribution is -2.22. The molecule has 12 rings (SSSR count). The van der Waals surface area contributed by atoms with E-state index in [9.17, 15) is 67.2 Å². The second-order valence-electron chi connectivity index (χ2n) is 30.8. The molecule has 0 saturated carbocycles. The minimum absolute atomic E-state index is 0. The van der Waals surface area contributed by atoms with Gasteiger partial charge in [0.05, 0.1) is 71.0 Å². The molecule has 0 aliphatic heterocycles. The number of aromatic nitrogens is 3. The summed E-state index contributed by atoms with van der Waals surface area (Å²) in [4.78, 5) is 88.2. The summed E-state index contributed by atoms with van der Waals surface area (Å²) in [5.41, 5.74) is 14.7. The van der Waals surface area contributed by atoms with E-state index in [1.54, 1.807) is 36.4 Å². The van der Waals surface area contributed by atoms with Gasteiger partial charge in [-0.1, -0.05) is 202 Å². The molecular formula is C101H111F3N6O12. The number of aliphatic hydroxyl groups excluding tert-OH is 4. The van der Waals surface area contributed by atoms with Gasteiger partial charge in [0.15, 0.2) is 0 Å². The summed E-state index contributed by atoms with van der Waals surface area (Å²) in [6.45, 7) is 15.7. The van der Waals surface area contributed by atoms with Gasteiger partial charge in [-0.25, -0.2) is 13.2 Å². The van der Waals surface area contributed by atoms with Crippen LogP contribution in [0.3, 0.4) is 0 Å². The molecule has 21 heteroatoms. The minimum Gasteiger partial charge on any atom is -0.481 e. The first-order chi connectivity index (χ1) is 57.6. The number of hydrogen-bond acceptors (Lipinski definition) is 11. The van der Waals surface area contributed by atoms with E-state index in [4.69, 9.17) is 5.11 Å². The molecule has 3 aromatic heterocycles. The quantitative estimate of drug-likeness (QED) is 0.0175. The Morgan fingerprint density at radius 2 is 0.590 bits per heavy atom. The number of hydrogen-bond donors (Lipinski definition) is 8. The smallest absolute Gasteiger partial charge is 0.305 e. The molecule has 0 spiro atoms. The van der Waals surface area contributed by atoms with Crippen LogP contribution >= 0.6 is 0 Å². The van der Waals surface area contributed by atoms with Crippen molar-refractivity contribution in [1.82, 2.24) is 13.7 Å². The van der Waals surface area contributed by atoms with Crippen molar-refractivity contribution in [3.63, 3.8) is 0 Å². The molecule has 122 heavy (non-hydrogen) atoms. The normalized spacial score (nSPS) is 12.0. The monoisotopic (exact) mass is 1660 g/mol. The zero-order chi connectivity index (χ0) is 86.3. The average molecular weight is 1660 g/mol. The van der Waals surface area contributed by atoms with Crippen LogP contribution in [0.25, 0.3) is 67.2 Å². The summed E-state index contributed by atoms with van der Waals surface area (Å²) in [6, 6.07) is 74.8. The number of anilines is 3. The molecule has 0 radical (unpaired) electrons. The minimum atomic E-state index is -1.08. The Kier molecular flexibility index (Phi) is 35.1. The van der Waals surface area contributed by atoms with E-state index >= 15 is 0 Å². The van der Waals surface area contributed by atoms with Gasteiger partial charge in [0.1, 0.15) is 34.8 Å². The van der Waals surface area contributed by atoms with Gasteiger partial charge < -0.3 is 55.2 Å². The molecule has 8 N–H and O–H groups in total. The SMILES string of the molecule is C.C.CC(=O)CC(=O)C[C@H](O)CCn1c(-c2ccc(F)cc2)c(-c2ccccc2)c(C(=O)Nc2ccccc2)c1C(C)C.CC(=O)CC(O)C[C@H](O)CCn1c(-c2ccc(F)cc2)c(-c2ccccc2)c(C(=O)Nc2ccccc2)c1C(C)C.CC(C)c1c(C(=O)Nc2ccccc2)c(-c2ccccc2)c(-c2ccc(F)cc2)n1CC[C@@H](O)CC(=O)O. The molecule has 0 fully saturated rings. The van der Waals surface area contributed by atoms with Crippen molar-refractivity contribution in [3.05, 3.63) is 306 Å². The predicted molar refractivity (Wildman–Crippen MR) is 480 cm³/mol. The number of carbonyl (C=O) groups is 7. The number of halogens is 3. The van der Waals surface area contributed by atoms with Crippen molar-refractivity contribution in [2.45, 2.75) is 183 Å². The third-order valence-corrected chi connectivity index (χ3v) is 20.3. The summed E-state index contributed by atoms with van der Waals surface area (Å²) in [5, 5.41) is 60.4. The second kappa shape index (κ2) is 45.1. The maximum Gasteiger partial charge on any atom is 0.305 e. The highest BCUT2D eigenvalue weighted by Gasteiger charge is 2.35. The molecule has 0 aliphatic rings. The number of benzene rings is 9. The molecule has 12 aromatic rings. The van der Waals surface area contributed by atoms with E-state index in [1.807, 2.05) is 237 Å². The second-order valence-corrected chi connectivity index (χ2v) is 30.8. The first kappa shape index (κ1) is 94.8. The number of nitrogens with zero attached hydrogens (tertiary/aromatic N) is 3. The van der Waals surface area contributed by atoms with E-state index in [-0.39, 0.29) is 143 Å². The lowest BCUT2D eigenvalue weighted by Gasteiger charge is -2.20. The van der Waals surface area contributed by atoms with Gasteiger partial charge in [0.2, 0.25) is 0 Å². The van der Waals surface area contributed by atoms with Crippen LogP contribution in [0.4, 0.5) is 30.2 Å². The standard InChI is InChI=1S/C34H37FN2O4.C34H35FN2O4.C31H31FN2O4.2CH4/c2*1-22(2)32-31(34(41)36-27-12-8-5-9-13-27)30(24-10-6-4-7-11-24)33(25-14-16-26(35)17-15-25)37(32)19-18-28(39)21-29(40)20-23(3)38;1-20(2)29-28(31(38)33-24-11-7-4-8-12-24)27(21-9-5-3-6-10-21)30(22-13-15-23(32)16-14-22)34(29)18-17-25(35)19-26(36)37;;/h4-17,22,28-29,39-40H,18-21H2,1-3H3,(H,36,41);4-17,22,28,39H,18-21H2,1-3H3,(H,36,41);3-16,20,25,35H,17-19H2,1-2H3,(H,33,38)(H,36,37);2*1H4/t28-,29?;28-;25-;;/m111../s1. The third-order valence-electron chi connectivity index (χ3n) is 20.3. The zero-order valence-corrected chi connectivity index (χ0v) is 68.6. The Bertz CT molecular complexity index is 5450. The predicted octanol–water partition coefficient (Wildman–Crippen LogP) is 21.7. The molecule has 3 heterocycles. The van der Waals surface area contributed by atoms with Gasteiger partial charge in [-0.3, -0.25) is 33.6 Å². The zero-order valence-electron chi connectivity index (χ0n) is 68.6. The fourth-order valence-electron chi connectivity index (χ4n) is 15.3. The highest BCUT2D eigenvalue weighted by atomic mass is 19.1. The van der Waals surface area contributed by atoms with Crippen LogP contribution < -0.4 is 16.0 Å². The van der Waals surface area contributed by atoms with Gasteiger partial charge in [-0.05, 0) is 200 Å². The Balaban J connectivity index is 0.000000226. The molecule has 9 aromatic carbocycles. The number of carboxylic acids is 1. The van der Waals surface area contributed by atoms with Crippen LogP contribution in [0.15, 0.2) is 255 Å². The number of Topliss-reactive ketones (excluding diaryl/α,β-unsaturated/α-hetero) is 3. The molecule has 3 amide bonds. The molecular weight excluding hydrogens is 1550 g/mol. The molecule has 0 aliphatic carbocycles. The van der Waals surface area contributed by atoms with Crippen molar-refractivity contribution in [3.8, 4) is 67.2 Å². The van der Waals surface area contributed by atoms with Gasteiger partial charge in [-0.2, -0.15) is 0 Å². The van der Waals surface area contributed by atoms with E-state index in [0.29, 0.717) is 74.8 Å². The Hall–Kier alpha value is -12.7. The number of rotatable bonds is 34. The van der Waals surface area contributed by atoms with E-state index in [0.717, 1.165) is 56.3 Å². The Morgan fingerprint density at radius 1 is 0.328 bits per heavy atom. The number of aliphatic hydroxyl groups is 4. The number of amides is 3. The number of carbonyl (C=O) groups excluding carboxylic acids is 6. The lowest BCUT2D eigenvalue weighted by atomic mass is 9.94. The van der Waals surface area contributed by atoms with Crippen LogP contribution in [0, 0.1) is 17.5 Å². The maximum absolute atomic E-state index is 14.1. The molecule has 18 nitrogen and oxygen atoms in total. The Labute approximate surface area is 712 Å². The van der Waals surface area contributed by atoms with E-state index < -0.39 is 30.4 Å². The van der Waals surface area contributed by atoms with Crippen molar-refractivity contribution < 1.29 is 72.3 Å². The first-order valence-corrected chi connectivity index (χ1v) is 40.3. The number of nitrogens with one attached hydrogen (secondary N) is 3. The summed E-state index contributed by atoms with van der Waals surface area (Å²) in [6.07, 6.45) is -3.81. The molecule has 1 unspecified atom stereocenters. The maximum atomic E-state index is 14.1. The Morgan fingerprint density at radius 3 is 0.844 bits per heavy atom. The van der Waals surface area contributed by atoms with Crippen LogP contribution in [0.2, 0.25) is 0 Å². The van der Waals surface area contributed by atoms with Gasteiger partial charge in [0, 0.05) is 83.3 Å². The van der Waals surface area contributed by atoms with Gasteiger partial charge in [-0.15, -0.1) is 0 Å². The number of carboxylic acid groups (broad SMARTS) is 1. The van der Waals surface area contributed by atoms with Gasteiger partial charge >= 0.3 is 5.97 Å². The van der Waals surface area contributed by atoms with Crippen molar-refractivity contribution >= 4 is 58.1 Å². The van der Waals surface area contributed by atoms with Crippen molar-refractivity contribution in [2.24, 2.45) is 0 Å². The van der Waals surface area contributed by atoms with Crippen molar-refractivity contribution in [1.29, 1.82) is 0 Å².